The first-order valence-electron chi connectivity index (χ1n) is 13.0. The van der Waals surface area contributed by atoms with Gasteiger partial charge in [-0.2, -0.15) is 0 Å². The van der Waals surface area contributed by atoms with Gasteiger partial charge in [0.1, 0.15) is 22.2 Å². The van der Waals surface area contributed by atoms with Crippen molar-refractivity contribution in [3.8, 4) is 0 Å². The van der Waals surface area contributed by atoms with Crippen LogP contribution in [0.1, 0.15) is 40.0 Å². The Balaban J connectivity index is 1.71. The van der Waals surface area contributed by atoms with Gasteiger partial charge in [0.05, 0.1) is 5.56 Å². The summed E-state index contributed by atoms with van der Waals surface area (Å²) in [4.78, 5) is 48.9. The topological polar surface area (TPSA) is 82.8 Å². The van der Waals surface area contributed by atoms with Crippen molar-refractivity contribution in [2.45, 2.75) is 32.9 Å². The number of anilines is 1. The molecule has 0 radical (unpaired) electrons. The number of hydrogen-bond donors (Lipinski definition) is 0. The first-order chi connectivity index (χ1) is 18.4. The van der Waals surface area contributed by atoms with Gasteiger partial charge in [-0.25, -0.2) is 9.37 Å². The van der Waals surface area contributed by atoms with E-state index in [-0.39, 0.29) is 18.4 Å². The van der Waals surface area contributed by atoms with Crippen molar-refractivity contribution in [1.82, 2.24) is 10.0 Å². The highest BCUT2D eigenvalue weighted by Gasteiger charge is 2.41. The number of allylic oxidation sites excluding steroid dienone is 5. The molecule has 200 valence electrons. The summed E-state index contributed by atoms with van der Waals surface area (Å²) in [7, 11) is 6.05. The van der Waals surface area contributed by atoms with Gasteiger partial charge >= 0.3 is 5.97 Å². The minimum atomic E-state index is -2.12. The first-order valence-corrected chi connectivity index (χ1v) is 16.0. The number of fused-ring (bicyclic) bond motifs is 2. The Kier molecular flexibility index (Phi) is 6.50. The number of carbonyl (C=O) groups excluding carboxylic acids is 3. The highest BCUT2D eigenvalue weighted by atomic mass is 28.3. The van der Waals surface area contributed by atoms with Crippen molar-refractivity contribution in [2.75, 3.05) is 33.1 Å². The first kappa shape index (κ1) is 26.5. The van der Waals surface area contributed by atoms with Crippen LogP contribution in [0.15, 0.2) is 59.5 Å². The Morgan fingerprint density at radius 1 is 1.05 bits per heavy atom. The van der Waals surface area contributed by atoms with Crippen LogP contribution in [0.2, 0.25) is 13.1 Å². The van der Waals surface area contributed by atoms with Gasteiger partial charge in [0.15, 0.2) is 5.71 Å². The molecule has 1 aliphatic carbocycles. The molecule has 0 bridgehead atoms. The fraction of sp³-hybridized carbons (Fsp3) is 0.300. The Labute approximate surface area is 229 Å². The zero-order valence-electron chi connectivity index (χ0n) is 23.5. The zero-order valence-corrected chi connectivity index (χ0v) is 24.5. The molecule has 0 N–H and O–H groups in total. The van der Waals surface area contributed by atoms with Gasteiger partial charge in [0.2, 0.25) is 0 Å². The van der Waals surface area contributed by atoms with E-state index >= 15 is 0 Å². The van der Waals surface area contributed by atoms with Gasteiger partial charge in [-0.1, -0.05) is 19.2 Å². The van der Waals surface area contributed by atoms with Gasteiger partial charge < -0.3 is 9.74 Å². The Morgan fingerprint density at radius 2 is 1.74 bits per heavy atom. The zero-order chi connectivity index (χ0) is 28.2. The fourth-order valence-electron chi connectivity index (χ4n) is 5.36. The lowest BCUT2D eigenvalue weighted by atomic mass is 9.88. The summed E-state index contributed by atoms with van der Waals surface area (Å²) in [6.07, 6.45) is 8.09. The van der Waals surface area contributed by atoms with Crippen LogP contribution in [0.4, 0.5) is 5.69 Å². The minimum Gasteiger partial charge on any atom is -0.378 e. The summed E-state index contributed by atoms with van der Waals surface area (Å²) in [5, 5.41) is 3.19. The molecule has 3 aliphatic rings. The molecule has 9 heteroatoms. The van der Waals surface area contributed by atoms with E-state index in [1.807, 2.05) is 35.1 Å². The van der Waals surface area contributed by atoms with E-state index in [1.165, 1.54) is 16.6 Å². The van der Waals surface area contributed by atoms with Gasteiger partial charge in [-0.05, 0) is 58.3 Å². The van der Waals surface area contributed by atoms with Gasteiger partial charge in [0, 0.05) is 62.2 Å². The van der Waals surface area contributed by atoms with Crippen LogP contribution >= 0.6 is 0 Å². The van der Waals surface area contributed by atoms with Gasteiger partial charge in [-0.15, -0.1) is 5.06 Å². The third-order valence-electron chi connectivity index (χ3n) is 7.70. The minimum absolute atomic E-state index is 0.0402. The van der Waals surface area contributed by atoms with E-state index in [1.54, 1.807) is 6.07 Å². The van der Waals surface area contributed by atoms with Crippen LogP contribution in [-0.4, -0.2) is 74.4 Å². The number of hydrogen-bond acceptors (Lipinski definition) is 6. The van der Waals surface area contributed by atoms with Crippen molar-refractivity contribution in [1.29, 1.82) is 0 Å². The van der Waals surface area contributed by atoms with Crippen LogP contribution in [0.5, 0.6) is 0 Å². The number of rotatable bonds is 4. The molecular weight excluding hydrogens is 508 g/mol. The van der Waals surface area contributed by atoms with Gasteiger partial charge in [0.25, 0.3) is 11.8 Å². The predicted molar refractivity (Wildman–Crippen MR) is 154 cm³/mol. The highest BCUT2D eigenvalue weighted by molar-refractivity contribution is 6.98. The van der Waals surface area contributed by atoms with Gasteiger partial charge in [-0.3, -0.25) is 14.6 Å². The van der Waals surface area contributed by atoms with E-state index in [0.29, 0.717) is 5.06 Å². The molecule has 1 aromatic heterocycles. The molecular formula is C30H33N4O4Si+. The number of pyridine rings is 1. The summed E-state index contributed by atoms with van der Waals surface area (Å²) in [6, 6.07) is 8.34. The molecule has 2 amide bonds. The number of aryl methyl sites for hydroxylation is 1. The molecule has 5 rings (SSSR count). The third-order valence-corrected chi connectivity index (χ3v) is 11.2. The predicted octanol–water partition coefficient (Wildman–Crippen LogP) is 3.16. The van der Waals surface area contributed by atoms with Crippen LogP contribution in [0.25, 0.3) is 5.57 Å². The smallest absolute Gasteiger partial charge is 0.365 e. The van der Waals surface area contributed by atoms with Crippen molar-refractivity contribution in [3.05, 3.63) is 81.8 Å². The lowest BCUT2D eigenvalue weighted by Gasteiger charge is -2.38. The van der Waals surface area contributed by atoms with Crippen LogP contribution in [0, 0.1) is 6.92 Å². The number of carbonyl (C=O) groups is 3. The summed E-state index contributed by atoms with van der Waals surface area (Å²) in [6.45, 7) is 6.68. The number of benzene rings is 1. The van der Waals surface area contributed by atoms with Crippen LogP contribution in [0.3, 0.4) is 0 Å². The quantitative estimate of drug-likeness (QED) is 0.336. The number of hydroxylamine groups is 2. The van der Waals surface area contributed by atoms with Crippen molar-refractivity contribution in [3.63, 3.8) is 0 Å². The molecule has 2 aliphatic heterocycles. The largest absolute Gasteiger partial charge is 0.378 e. The van der Waals surface area contributed by atoms with Crippen LogP contribution in [-0.2, 0) is 14.4 Å². The van der Waals surface area contributed by atoms with Crippen molar-refractivity contribution >= 4 is 48.0 Å². The standard InChI is InChI=1S/C30H33N4O4Si/c1-18-24(14-19(17-31-18)30(37)38-34-27(35)12-13-28(34)36)29-22-10-8-20(32(2)3)15-25(22)39(6,7)26-16-21(33(4)5)9-11-23(26)29/h8-11,14-17H,12-13H2,1-7H3/q+1. The molecule has 8 nitrogen and oxygen atoms in total. The average molecular weight is 542 g/mol. The number of aromatic nitrogens is 1. The molecule has 1 aromatic carbocycles. The van der Waals surface area contributed by atoms with E-state index in [2.05, 4.69) is 64.0 Å². The number of imide groups is 1. The second-order valence-corrected chi connectivity index (χ2v) is 15.4. The summed E-state index contributed by atoms with van der Waals surface area (Å²) in [5.74, 6) is -1.82. The molecule has 3 heterocycles. The summed E-state index contributed by atoms with van der Waals surface area (Å²) in [5.41, 5.74) is 7.28. The molecule has 0 saturated carbocycles. The molecule has 0 atom stereocenters. The van der Waals surface area contributed by atoms with E-state index < -0.39 is 25.9 Å². The Hall–Kier alpha value is -4.11. The molecule has 0 spiro atoms. The monoisotopic (exact) mass is 541 g/mol. The maximum Gasteiger partial charge on any atom is 0.365 e. The van der Waals surface area contributed by atoms with E-state index in [0.717, 1.165) is 39.4 Å². The fourth-order valence-corrected chi connectivity index (χ4v) is 8.43. The van der Waals surface area contributed by atoms with E-state index in [9.17, 15) is 14.4 Å². The molecule has 1 saturated heterocycles. The lowest BCUT2D eigenvalue weighted by Crippen LogP contribution is -2.49. The Morgan fingerprint density at radius 3 is 2.38 bits per heavy atom. The molecule has 39 heavy (non-hydrogen) atoms. The summed E-state index contributed by atoms with van der Waals surface area (Å²) < 4.78 is 2.11. The summed E-state index contributed by atoms with van der Waals surface area (Å²) >= 11 is 0. The number of amides is 2. The average Bonchev–Trinajstić information content (AvgIpc) is 3.21. The normalized spacial score (nSPS) is 17.7. The molecule has 2 aromatic rings. The maximum absolute atomic E-state index is 13.0. The second-order valence-electron chi connectivity index (χ2n) is 11.1. The molecule has 0 unspecified atom stereocenters. The third kappa shape index (κ3) is 4.46. The number of nitrogens with zero attached hydrogens (tertiary/aromatic N) is 4. The molecule has 1 fully saturated rings. The lowest BCUT2D eigenvalue weighted by molar-refractivity contribution is -0.462. The van der Waals surface area contributed by atoms with Crippen molar-refractivity contribution in [2.24, 2.45) is 0 Å². The Bertz CT molecular complexity index is 1560. The highest BCUT2D eigenvalue weighted by Crippen LogP contribution is 2.42. The maximum atomic E-state index is 13.0. The second kappa shape index (κ2) is 9.57. The SMILES string of the molecule is Cc1ncc(C(=O)ON2C(=O)CCC2=O)cc1C1=C2C=CC(=[N+](C)C)C=C2[Si](C)(C)c2cc(N(C)C)ccc21. The van der Waals surface area contributed by atoms with E-state index in [4.69, 9.17) is 4.84 Å². The van der Waals surface area contributed by atoms with Crippen molar-refractivity contribution < 1.29 is 23.8 Å². The van der Waals surface area contributed by atoms with Crippen LogP contribution < -0.4 is 10.1 Å².